The molecule has 0 fully saturated rings. The Morgan fingerprint density at radius 3 is 2.70 bits per heavy atom. The molecule has 0 aliphatic rings. The number of nitro benzene ring substituents is 1. The predicted octanol–water partition coefficient (Wildman–Crippen LogP) is 2.62. The summed E-state index contributed by atoms with van der Waals surface area (Å²) in [6.07, 6.45) is 1.25. The smallest absolute Gasteiger partial charge is 0.358 e. The Hall–Kier alpha value is -3.03. The molecule has 1 N–H and O–H groups in total. The number of rotatable bonds is 4. The molecule has 8 heteroatoms. The van der Waals surface area contributed by atoms with E-state index in [1.54, 1.807) is 0 Å². The van der Waals surface area contributed by atoms with Crippen LogP contribution in [-0.4, -0.2) is 21.0 Å². The van der Waals surface area contributed by atoms with Crippen LogP contribution in [0, 0.1) is 15.9 Å². The van der Waals surface area contributed by atoms with E-state index in [0.29, 0.717) is 6.07 Å². The van der Waals surface area contributed by atoms with Crippen LogP contribution in [0.5, 0.6) is 11.5 Å². The van der Waals surface area contributed by atoms with Crippen molar-refractivity contribution in [2.24, 2.45) is 0 Å². The van der Waals surface area contributed by atoms with Crippen LogP contribution in [0.3, 0.4) is 0 Å². The van der Waals surface area contributed by atoms with Crippen LogP contribution in [0.25, 0.3) is 0 Å². The first kappa shape index (κ1) is 13.4. The van der Waals surface area contributed by atoms with Gasteiger partial charge in [-0.1, -0.05) is 0 Å². The number of carbonyl (C=O) groups is 1. The third-order valence-corrected chi connectivity index (χ3v) is 2.32. The maximum absolute atomic E-state index is 13.6. The van der Waals surface area contributed by atoms with Crippen LogP contribution >= 0.6 is 0 Å². The van der Waals surface area contributed by atoms with Crippen molar-refractivity contribution in [3.63, 3.8) is 0 Å². The van der Waals surface area contributed by atoms with Crippen LogP contribution in [-0.2, 0) is 0 Å². The zero-order valence-electron chi connectivity index (χ0n) is 9.82. The molecule has 2 rings (SSSR count). The summed E-state index contributed by atoms with van der Waals surface area (Å²) in [7, 11) is 0. The largest absolute Gasteiger partial charge is 0.476 e. The zero-order valence-corrected chi connectivity index (χ0v) is 9.82. The van der Waals surface area contributed by atoms with Crippen molar-refractivity contribution in [1.29, 1.82) is 0 Å². The number of aromatic carboxylic acids is 1. The van der Waals surface area contributed by atoms with Gasteiger partial charge >= 0.3 is 5.97 Å². The van der Waals surface area contributed by atoms with Gasteiger partial charge < -0.3 is 9.84 Å². The summed E-state index contributed by atoms with van der Waals surface area (Å²) in [5.74, 6) is -2.79. The number of halogens is 1. The number of carboxylic acids is 1. The van der Waals surface area contributed by atoms with Crippen LogP contribution in [0.4, 0.5) is 10.1 Å². The summed E-state index contributed by atoms with van der Waals surface area (Å²) >= 11 is 0. The minimum atomic E-state index is -1.33. The molecule has 0 bridgehead atoms. The van der Waals surface area contributed by atoms with E-state index in [1.165, 1.54) is 18.3 Å². The fourth-order valence-corrected chi connectivity index (χ4v) is 1.44. The summed E-state index contributed by atoms with van der Waals surface area (Å²) in [6, 6.07) is 5.51. The lowest BCUT2D eigenvalue weighted by atomic mass is 10.3. The van der Waals surface area contributed by atoms with Crippen molar-refractivity contribution >= 4 is 11.7 Å². The number of hydrogen-bond donors (Lipinski definition) is 1. The average molecular weight is 278 g/mol. The molecule has 0 saturated carbocycles. The number of carboxylic acid groups (broad SMARTS) is 1. The van der Waals surface area contributed by atoms with Gasteiger partial charge in [0.1, 0.15) is 0 Å². The lowest BCUT2D eigenvalue weighted by molar-refractivity contribution is -0.385. The maximum Gasteiger partial charge on any atom is 0.358 e. The number of nitro groups is 1. The maximum atomic E-state index is 13.6. The van der Waals surface area contributed by atoms with Gasteiger partial charge in [-0.05, 0) is 18.2 Å². The molecule has 0 aliphatic heterocycles. The standard InChI is InChI=1S/C12H7FN2O5/c13-8-6-7(15(18)19)3-4-9(8)20-10-2-1-5-14-11(10)12(16)17/h1-6H,(H,16,17). The molecule has 102 valence electrons. The van der Waals surface area contributed by atoms with E-state index in [0.717, 1.165) is 12.1 Å². The number of aromatic nitrogens is 1. The highest BCUT2D eigenvalue weighted by molar-refractivity contribution is 5.88. The Kier molecular flexibility index (Phi) is 3.56. The molecule has 7 nitrogen and oxygen atoms in total. The molecule has 20 heavy (non-hydrogen) atoms. The first-order valence-corrected chi connectivity index (χ1v) is 5.29. The van der Waals surface area contributed by atoms with Gasteiger partial charge in [0.05, 0.1) is 11.0 Å². The number of ether oxygens (including phenoxy) is 1. The van der Waals surface area contributed by atoms with Gasteiger partial charge in [0.15, 0.2) is 23.0 Å². The molecule has 0 radical (unpaired) electrons. The van der Waals surface area contributed by atoms with Crippen molar-refractivity contribution in [3.8, 4) is 11.5 Å². The molecule has 0 saturated heterocycles. The highest BCUT2D eigenvalue weighted by Gasteiger charge is 2.16. The number of hydrogen-bond acceptors (Lipinski definition) is 5. The highest BCUT2D eigenvalue weighted by atomic mass is 19.1. The van der Waals surface area contributed by atoms with Gasteiger partial charge in [0, 0.05) is 12.3 Å². The first-order chi connectivity index (χ1) is 9.49. The van der Waals surface area contributed by atoms with E-state index >= 15 is 0 Å². The van der Waals surface area contributed by atoms with E-state index in [-0.39, 0.29) is 17.2 Å². The Bertz CT molecular complexity index is 689. The van der Waals surface area contributed by atoms with Crippen LogP contribution in [0.2, 0.25) is 0 Å². The lowest BCUT2D eigenvalue weighted by Crippen LogP contribution is -2.03. The topological polar surface area (TPSA) is 103 Å². The fraction of sp³-hybridized carbons (Fsp3) is 0. The second-order valence-corrected chi connectivity index (χ2v) is 3.63. The molecular formula is C12H7FN2O5. The SMILES string of the molecule is O=C(O)c1ncccc1Oc1ccc([N+](=O)[O-])cc1F. The Morgan fingerprint density at radius 2 is 2.10 bits per heavy atom. The Labute approximate surface area is 111 Å². The molecule has 1 heterocycles. The van der Waals surface area contributed by atoms with E-state index in [4.69, 9.17) is 9.84 Å². The lowest BCUT2D eigenvalue weighted by Gasteiger charge is -2.08. The van der Waals surface area contributed by atoms with Gasteiger partial charge in [-0.25, -0.2) is 14.2 Å². The molecule has 1 aromatic heterocycles. The molecule has 2 aromatic rings. The van der Waals surface area contributed by atoms with Gasteiger partial charge in [-0.3, -0.25) is 10.1 Å². The van der Waals surface area contributed by atoms with Crippen molar-refractivity contribution in [1.82, 2.24) is 4.98 Å². The molecule has 0 atom stereocenters. The molecule has 1 aromatic carbocycles. The van der Waals surface area contributed by atoms with E-state index < -0.39 is 22.4 Å². The number of nitrogens with zero attached hydrogens (tertiary/aromatic N) is 2. The third-order valence-electron chi connectivity index (χ3n) is 2.32. The Balaban J connectivity index is 2.36. The van der Waals surface area contributed by atoms with Crippen LogP contribution < -0.4 is 4.74 Å². The Morgan fingerprint density at radius 1 is 1.35 bits per heavy atom. The zero-order chi connectivity index (χ0) is 14.7. The molecule has 0 aliphatic carbocycles. The van der Waals surface area contributed by atoms with Crippen molar-refractivity contribution < 1.29 is 24.0 Å². The van der Waals surface area contributed by atoms with Crippen molar-refractivity contribution in [3.05, 3.63) is 58.2 Å². The van der Waals surface area contributed by atoms with Crippen LogP contribution in [0.1, 0.15) is 10.5 Å². The summed E-state index contributed by atoms with van der Waals surface area (Å²) < 4.78 is 18.7. The summed E-state index contributed by atoms with van der Waals surface area (Å²) in [5, 5.41) is 19.4. The average Bonchev–Trinajstić information content (AvgIpc) is 2.41. The molecule has 0 amide bonds. The van der Waals surface area contributed by atoms with Gasteiger partial charge in [-0.15, -0.1) is 0 Å². The van der Waals surface area contributed by atoms with E-state index in [2.05, 4.69) is 4.98 Å². The predicted molar refractivity (Wildman–Crippen MR) is 64.3 cm³/mol. The molecular weight excluding hydrogens is 271 g/mol. The number of benzene rings is 1. The first-order valence-electron chi connectivity index (χ1n) is 5.29. The molecule has 0 unspecified atom stereocenters. The normalized spacial score (nSPS) is 10.1. The fourth-order valence-electron chi connectivity index (χ4n) is 1.44. The summed E-state index contributed by atoms with van der Waals surface area (Å²) in [4.78, 5) is 24.2. The quantitative estimate of drug-likeness (QED) is 0.681. The van der Waals surface area contributed by atoms with Gasteiger partial charge in [0.25, 0.3) is 5.69 Å². The summed E-state index contributed by atoms with van der Waals surface area (Å²) in [5.41, 5.74) is -0.815. The minimum absolute atomic E-state index is 0.159. The monoisotopic (exact) mass is 278 g/mol. The second kappa shape index (κ2) is 5.31. The van der Waals surface area contributed by atoms with Gasteiger partial charge in [-0.2, -0.15) is 0 Å². The number of non-ortho nitro benzene ring substituents is 1. The van der Waals surface area contributed by atoms with E-state index in [9.17, 15) is 19.3 Å². The van der Waals surface area contributed by atoms with Crippen molar-refractivity contribution in [2.75, 3.05) is 0 Å². The van der Waals surface area contributed by atoms with Gasteiger partial charge in [0.2, 0.25) is 0 Å². The molecule has 0 spiro atoms. The van der Waals surface area contributed by atoms with E-state index in [1.807, 2.05) is 0 Å². The third kappa shape index (κ3) is 2.69. The minimum Gasteiger partial charge on any atom is -0.476 e. The van der Waals surface area contributed by atoms with Crippen molar-refractivity contribution in [2.45, 2.75) is 0 Å². The second-order valence-electron chi connectivity index (χ2n) is 3.63. The highest BCUT2D eigenvalue weighted by Crippen LogP contribution is 2.28. The van der Waals surface area contributed by atoms with Crippen LogP contribution in [0.15, 0.2) is 36.5 Å². The summed E-state index contributed by atoms with van der Waals surface area (Å²) in [6.45, 7) is 0. The number of pyridine rings is 1.